The van der Waals surface area contributed by atoms with Gasteiger partial charge >= 0.3 is 0 Å². The van der Waals surface area contributed by atoms with Gasteiger partial charge in [0.05, 0.1) is 28.2 Å². The van der Waals surface area contributed by atoms with E-state index in [0.717, 1.165) is 38.4 Å². The van der Waals surface area contributed by atoms with Crippen molar-refractivity contribution in [3.63, 3.8) is 0 Å². The first-order valence-corrected chi connectivity index (χ1v) is 9.68. The second-order valence-corrected chi connectivity index (χ2v) is 7.70. The minimum absolute atomic E-state index is 0.0387. The van der Waals surface area contributed by atoms with Gasteiger partial charge in [0, 0.05) is 29.3 Å². The SMILES string of the molecule is CN(C(=O)c1ccc(-c2cnc3ccc(Br)cn23)cc1Cl)c1ccc(F)cc1F. The van der Waals surface area contributed by atoms with E-state index >= 15 is 0 Å². The average molecular weight is 477 g/mol. The van der Waals surface area contributed by atoms with Gasteiger partial charge in [0.2, 0.25) is 0 Å². The quantitative estimate of drug-likeness (QED) is 0.365. The zero-order valence-electron chi connectivity index (χ0n) is 15.0. The summed E-state index contributed by atoms with van der Waals surface area (Å²) >= 11 is 9.82. The van der Waals surface area contributed by atoms with E-state index in [9.17, 15) is 13.6 Å². The summed E-state index contributed by atoms with van der Waals surface area (Å²) < 4.78 is 30.0. The highest BCUT2D eigenvalue weighted by Gasteiger charge is 2.20. The summed E-state index contributed by atoms with van der Waals surface area (Å²) in [6.45, 7) is 0. The summed E-state index contributed by atoms with van der Waals surface area (Å²) in [5, 5.41) is 0.215. The van der Waals surface area contributed by atoms with Crippen LogP contribution in [0.1, 0.15) is 10.4 Å². The molecule has 0 fully saturated rings. The number of hydrogen-bond acceptors (Lipinski definition) is 2. The molecule has 1 amide bonds. The lowest BCUT2D eigenvalue weighted by molar-refractivity contribution is 0.0992. The van der Waals surface area contributed by atoms with Crippen molar-refractivity contribution in [3.8, 4) is 11.3 Å². The van der Waals surface area contributed by atoms with Crippen molar-refractivity contribution in [2.45, 2.75) is 0 Å². The number of fused-ring (bicyclic) bond motifs is 1. The largest absolute Gasteiger partial charge is 0.309 e. The van der Waals surface area contributed by atoms with E-state index in [4.69, 9.17) is 11.6 Å². The number of pyridine rings is 1. The Kier molecular flexibility index (Phi) is 5.10. The van der Waals surface area contributed by atoms with Gasteiger partial charge in [-0.1, -0.05) is 17.7 Å². The molecule has 0 atom stereocenters. The Morgan fingerprint density at radius 3 is 2.66 bits per heavy atom. The van der Waals surface area contributed by atoms with Crippen LogP contribution < -0.4 is 4.90 Å². The summed E-state index contributed by atoms with van der Waals surface area (Å²) in [6.07, 6.45) is 3.60. The molecule has 0 spiro atoms. The van der Waals surface area contributed by atoms with Crippen molar-refractivity contribution in [3.05, 3.63) is 87.6 Å². The minimum atomic E-state index is -0.829. The van der Waals surface area contributed by atoms with Crippen molar-refractivity contribution in [2.75, 3.05) is 11.9 Å². The summed E-state index contributed by atoms with van der Waals surface area (Å²) in [6, 6.07) is 11.8. The molecule has 146 valence electrons. The molecule has 0 aliphatic rings. The Hall–Kier alpha value is -2.77. The van der Waals surface area contributed by atoms with E-state index < -0.39 is 17.5 Å². The predicted octanol–water partition coefficient (Wildman–Crippen LogP) is 5.97. The molecule has 0 bridgehead atoms. The Balaban J connectivity index is 1.69. The van der Waals surface area contributed by atoms with Crippen LogP contribution in [0.25, 0.3) is 16.9 Å². The smallest absolute Gasteiger partial charge is 0.259 e. The Morgan fingerprint density at radius 1 is 1.14 bits per heavy atom. The molecule has 0 radical (unpaired) electrons. The van der Waals surface area contributed by atoms with Crippen molar-refractivity contribution in [1.82, 2.24) is 9.38 Å². The lowest BCUT2D eigenvalue weighted by Crippen LogP contribution is -2.27. The van der Waals surface area contributed by atoms with Gasteiger partial charge in [0.1, 0.15) is 17.3 Å². The molecular formula is C21H13BrClF2N3O. The third-order valence-corrected chi connectivity index (χ3v) is 5.32. The zero-order chi connectivity index (χ0) is 20.7. The van der Waals surface area contributed by atoms with Gasteiger partial charge in [-0.25, -0.2) is 13.8 Å². The number of imidazole rings is 1. The molecule has 8 heteroatoms. The number of amides is 1. The highest BCUT2D eigenvalue weighted by Crippen LogP contribution is 2.29. The fourth-order valence-corrected chi connectivity index (χ4v) is 3.66. The van der Waals surface area contributed by atoms with Crippen LogP contribution in [0, 0.1) is 11.6 Å². The van der Waals surface area contributed by atoms with Crippen LogP contribution >= 0.6 is 27.5 Å². The van der Waals surface area contributed by atoms with Crippen LogP contribution in [-0.2, 0) is 0 Å². The molecule has 0 N–H and O–H groups in total. The van der Waals surface area contributed by atoms with Gasteiger partial charge in [0.15, 0.2) is 0 Å². The molecule has 4 aromatic rings. The standard InChI is InChI=1S/C21H13BrClF2N3O/c1-27(18-6-4-14(24)9-17(18)25)21(29)15-5-2-12(8-16(15)23)19-10-26-20-7-3-13(22)11-28(19)20/h2-11H,1H3. The Morgan fingerprint density at radius 2 is 1.93 bits per heavy atom. The normalized spacial score (nSPS) is 11.1. The van der Waals surface area contributed by atoms with Gasteiger partial charge in [-0.15, -0.1) is 0 Å². The molecule has 4 nitrogen and oxygen atoms in total. The zero-order valence-corrected chi connectivity index (χ0v) is 17.4. The van der Waals surface area contributed by atoms with Crippen LogP contribution in [0.5, 0.6) is 0 Å². The van der Waals surface area contributed by atoms with Crippen molar-refractivity contribution in [1.29, 1.82) is 0 Å². The van der Waals surface area contributed by atoms with Crippen molar-refractivity contribution >= 4 is 44.8 Å². The fourth-order valence-electron chi connectivity index (χ4n) is 3.06. The number of halogens is 4. The Bertz CT molecular complexity index is 1260. The number of aromatic nitrogens is 2. The third-order valence-electron chi connectivity index (χ3n) is 4.54. The number of nitrogens with zero attached hydrogens (tertiary/aromatic N) is 3. The van der Waals surface area contributed by atoms with Crippen molar-refractivity contribution < 1.29 is 13.6 Å². The maximum Gasteiger partial charge on any atom is 0.259 e. The highest BCUT2D eigenvalue weighted by atomic mass is 79.9. The molecule has 0 saturated carbocycles. The van der Waals surface area contributed by atoms with E-state index in [0.29, 0.717) is 0 Å². The second kappa shape index (κ2) is 7.57. The molecule has 2 heterocycles. The number of hydrogen-bond donors (Lipinski definition) is 0. The molecule has 0 saturated heterocycles. The minimum Gasteiger partial charge on any atom is -0.309 e. The van der Waals surface area contributed by atoms with Crippen LogP contribution in [0.3, 0.4) is 0 Å². The van der Waals surface area contributed by atoms with E-state index in [1.54, 1.807) is 24.4 Å². The lowest BCUT2D eigenvalue weighted by Gasteiger charge is -2.19. The number of carbonyl (C=O) groups excluding carboxylic acids is 1. The van der Waals surface area contributed by atoms with Crippen molar-refractivity contribution in [2.24, 2.45) is 0 Å². The molecular weight excluding hydrogens is 464 g/mol. The molecule has 0 aliphatic carbocycles. The predicted molar refractivity (Wildman–Crippen MR) is 112 cm³/mol. The molecule has 0 aliphatic heterocycles. The maximum absolute atomic E-state index is 14.0. The topological polar surface area (TPSA) is 37.6 Å². The monoisotopic (exact) mass is 475 g/mol. The van der Waals surface area contributed by atoms with E-state index in [1.165, 1.54) is 13.1 Å². The summed E-state index contributed by atoms with van der Waals surface area (Å²) in [4.78, 5) is 18.3. The number of carbonyl (C=O) groups is 1. The average Bonchev–Trinajstić information content (AvgIpc) is 3.10. The van der Waals surface area contributed by atoms with E-state index in [1.807, 2.05) is 22.7 Å². The highest BCUT2D eigenvalue weighted by molar-refractivity contribution is 9.10. The summed E-state index contributed by atoms with van der Waals surface area (Å²) in [5.74, 6) is -2.05. The molecule has 2 aromatic carbocycles. The maximum atomic E-state index is 14.0. The van der Waals surface area contributed by atoms with Gasteiger partial charge in [-0.05, 0) is 52.3 Å². The number of anilines is 1. The molecule has 4 rings (SSSR count). The van der Waals surface area contributed by atoms with Gasteiger partial charge < -0.3 is 4.90 Å². The van der Waals surface area contributed by atoms with Gasteiger partial charge in [0.25, 0.3) is 5.91 Å². The Labute approximate surface area is 178 Å². The van der Waals surface area contributed by atoms with Crippen LogP contribution in [0.15, 0.2) is 65.4 Å². The number of benzene rings is 2. The second-order valence-electron chi connectivity index (χ2n) is 6.37. The third kappa shape index (κ3) is 3.63. The molecule has 0 unspecified atom stereocenters. The van der Waals surface area contributed by atoms with Crippen LogP contribution in [0.2, 0.25) is 5.02 Å². The van der Waals surface area contributed by atoms with Gasteiger partial charge in [-0.3, -0.25) is 9.20 Å². The number of rotatable bonds is 3. The fraction of sp³-hybridized carbons (Fsp3) is 0.0476. The first-order valence-electron chi connectivity index (χ1n) is 8.51. The van der Waals surface area contributed by atoms with E-state index in [2.05, 4.69) is 20.9 Å². The first kappa shape index (κ1) is 19.5. The van der Waals surface area contributed by atoms with Crippen LogP contribution in [0.4, 0.5) is 14.5 Å². The molecule has 2 aromatic heterocycles. The summed E-state index contributed by atoms with van der Waals surface area (Å²) in [7, 11) is 1.41. The molecule has 29 heavy (non-hydrogen) atoms. The van der Waals surface area contributed by atoms with Gasteiger partial charge in [-0.2, -0.15) is 0 Å². The van der Waals surface area contributed by atoms with Crippen LogP contribution in [-0.4, -0.2) is 22.3 Å². The lowest BCUT2D eigenvalue weighted by atomic mass is 10.1. The van der Waals surface area contributed by atoms with E-state index in [-0.39, 0.29) is 16.3 Å². The first-order chi connectivity index (χ1) is 13.8. The summed E-state index contributed by atoms with van der Waals surface area (Å²) in [5.41, 5.74) is 2.51.